The molecule has 2 heterocycles. The number of hydrogen-bond donors (Lipinski definition) is 1. The lowest BCUT2D eigenvalue weighted by molar-refractivity contribution is -0.138. The van der Waals surface area contributed by atoms with Crippen LogP contribution >= 0.6 is 0 Å². The molecular weight excluding hydrogens is 481 g/mol. The molecule has 186 valence electrons. The molecule has 0 aliphatic heterocycles. The first-order chi connectivity index (χ1) is 17.8. The van der Waals surface area contributed by atoms with E-state index in [9.17, 15) is 18.0 Å². The molecule has 0 spiro atoms. The predicted octanol–water partition coefficient (Wildman–Crippen LogP) is 6.55. The molecule has 1 amide bonds. The van der Waals surface area contributed by atoms with Crippen LogP contribution < -0.4 is 10.1 Å². The van der Waals surface area contributed by atoms with E-state index in [1.807, 2.05) is 36.4 Å². The van der Waals surface area contributed by atoms with Gasteiger partial charge in [0.25, 0.3) is 5.91 Å². The highest BCUT2D eigenvalue weighted by Crippen LogP contribution is 2.34. The summed E-state index contributed by atoms with van der Waals surface area (Å²) in [7, 11) is 0. The summed E-state index contributed by atoms with van der Waals surface area (Å²) >= 11 is 0. The average Bonchev–Trinajstić information content (AvgIpc) is 3.37. The Bertz CT molecular complexity index is 1580. The number of carbonyl (C=O) groups excluding carboxylic acids is 1. The van der Waals surface area contributed by atoms with Gasteiger partial charge in [0.15, 0.2) is 5.65 Å². The Morgan fingerprint density at radius 2 is 1.78 bits per heavy atom. The molecular formula is C28H21F3N4O2. The molecule has 0 saturated carbocycles. The summed E-state index contributed by atoms with van der Waals surface area (Å²) in [6.07, 6.45) is -1.29. The monoisotopic (exact) mass is 502 g/mol. The van der Waals surface area contributed by atoms with E-state index in [0.29, 0.717) is 22.6 Å². The number of halogens is 3. The molecule has 37 heavy (non-hydrogen) atoms. The number of ether oxygens (including phenoxy) is 1. The molecule has 6 nitrogen and oxygen atoms in total. The SMILES string of the molecule is Cc1ccc(C(=O)Nc2cc(-c3ccnc4ccnn34)ccc2OCc2ccccc2)cc1C(F)(F)F. The second-order valence-corrected chi connectivity index (χ2v) is 8.40. The smallest absolute Gasteiger partial charge is 0.416 e. The topological polar surface area (TPSA) is 68.5 Å². The van der Waals surface area contributed by atoms with Gasteiger partial charge in [0.1, 0.15) is 12.4 Å². The Labute approximate surface area is 210 Å². The summed E-state index contributed by atoms with van der Waals surface area (Å²) in [5.41, 5.74) is 2.37. The molecule has 5 aromatic rings. The average molecular weight is 502 g/mol. The maximum Gasteiger partial charge on any atom is 0.416 e. The van der Waals surface area contributed by atoms with Crippen LogP contribution in [0.3, 0.4) is 0 Å². The van der Waals surface area contributed by atoms with Gasteiger partial charge in [0, 0.05) is 23.4 Å². The number of nitrogens with one attached hydrogen (secondary N) is 1. The number of anilines is 1. The van der Waals surface area contributed by atoms with Crippen molar-refractivity contribution in [3.8, 4) is 17.0 Å². The van der Waals surface area contributed by atoms with Crippen molar-refractivity contribution in [3.63, 3.8) is 0 Å². The first-order valence-electron chi connectivity index (χ1n) is 11.4. The third kappa shape index (κ3) is 5.16. The van der Waals surface area contributed by atoms with E-state index in [0.717, 1.165) is 17.3 Å². The van der Waals surface area contributed by atoms with E-state index < -0.39 is 17.6 Å². The Morgan fingerprint density at radius 3 is 2.57 bits per heavy atom. The molecule has 0 saturated heterocycles. The normalized spacial score (nSPS) is 11.5. The molecule has 5 rings (SSSR count). The lowest BCUT2D eigenvalue weighted by Crippen LogP contribution is -2.15. The zero-order valence-corrected chi connectivity index (χ0v) is 19.7. The van der Waals surface area contributed by atoms with Crippen LogP contribution in [0.2, 0.25) is 0 Å². The van der Waals surface area contributed by atoms with Gasteiger partial charge in [-0.25, -0.2) is 9.50 Å². The number of aryl methyl sites for hydroxylation is 1. The Hall–Kier alpha value is -4.66. The van der Waals surface area contributed by atoms with Crippen LogP contribution in [0.1, 0.15) is 27.0 Å². The number of aromatic nitrogens is 3. The standard InChI is InChI=1S/C28H21F3N4O2/c1-18-7-8-21(15-22(18)28(29,30)31)27(36)34-23-16-20(24-11-13-32-26-12-14-33-35(24)26)9-10-25(23)37-17-19-5-3-2-4-6-19/h2-16H,17H2,1H3,(H,34,36). The molecule has 0 atom stereocenters. The third-order valence-corrected chi connectivity index (χ3v) is 5.86. The number of benzene rings is 3. The zero-order chi connectivity index (χ0) is 26.0. The van der Waals surface area contributed by atoms with E-state index in [2.05, 4.69) is 15.4 Å². The van der Waals surface area contributed by atoms with Gasteiger partial charge in [-0.05, 0) is 54.4 Å². The lowest BCUT2D eigenvalue weighted by atomic mass is 10.0. The summed E-state index contributed by atoms with van der Waals surface area (Å²) in [4.78, 5) is 17.4. The first-order valence-corrected chi connectivity index (χ1v) is 11.4. The highest BCUT2D eigenvalue weighted by Gasteiger charge is 2.33. The number of nitrogens with zero attached hydrogens (tertiary/aromatic N) is 3. The zero-order valence-electron chi connectivity index (χ0n) is 19.7. The van der Waals surface area contributed by atoms with Crippen LogP contribution in [0.15, 0.2) is 91.3 Å². The van der Waals surface area contributed by atoms with Crippen LogP contribution in [0.4, 0.5) is 18.9 Å². The van der Waals surface area contributed by atoms with Gasteiger partial charge in [0.2, 0.25) is 0 Å². The fourth-order valence-corrected chi connectivity index (χ4v) is 3.96. The van der Waals surface area contributed by atoms with Crippen molar-refractivity contribution in [1.29, 1.82) is 0 Å². The van der Waals surface area contributed by atoms with Crippen molar-refractivity contribution >= 4 is 17.2 Å². The van der Waals surface area contributed by atoms with Crippen LogP contribution in [0, 0.1) is 6.92 Å². The quantitative estimate of drug-likeness (QED) is 0.286. The number of rotatable bonds is 6. The molecule has 3 aromatic carbocycles. The molecule has 2 aromatic heterocycles. The first kappa shape index (κ1) is 24.1. The molecule has 0 aliphatic rings. The molecule has 0 unspecified atom stereocenters. The second-order valence-electron chi connectivity index (χ2n) is 8.40. The van der Waals surface area contributed by atoms with Crippen molar-refractivity contribution in [1.82, 2.24) is 14.6 Å². The fourth-order valence-electron chi connectivity index (χ4n) is 3.96. The van der Waals surface area contributed by atoms with E-state index >= 15 is 0 Å². The summed E-state index contributed by atoms with van der Waals surface area (Å²) < 4.78 is 47.9. The summed E-state index contributed by atoms with van der Waals surface area (Å²) in [6, 6.07) is 21.8. The predicted molar refractivity (Wildman–Crippen MR) is 133 cm³/mol. The summed E-state index contributed by atoms with van der Waals surface area (Å²) in [5, 5.41) is 7.04. The third-order valence-electron chi connectivity index (χ3n) is 5.86. The van der Waals surface area contributed by atoms with Gasteiger partial charge in [-0.2, -0.15) is 18.3 Å². The number of carbonyl (C=O) groups is 1. The van der Waals surface area contributed by atoms with Crippen LogP contribution in [-0.4, -0.2) is 20.5 Å². The minimum Gasteiger partial charge on any atom is -0.487 e. The van der Waals surface area contributed by atoms with E-state index in [4.69, 9.17) is 4.74 Å². The summed E-state index contributed by atoms with van der Waals surface area (Å²) in [5.74, 6) is -0.318. The van der Waals surface area contributed by atoms with Crippen molar-refractivity contribution in [3.05, 3.63) is 114 Å². The van der Waals surface area contributed by atoms with Crippen LogP contribution in [0.25, 0.3) is 16.9 Å². The molecule has 0 fully saturated rings. The largest absolute Gasteiger partial charge is 0.487 e. The van der Waals surface area contributed by atoms with Crippen molar-refractivity contribution in [2.75, 3.05) is 5.32 Å². The van der Waals surface area contributed by atoms with Crippen LogP contribution in [-0.2, 0) is 12.8 Å². The van der Waals surface area contributed by atoms with Crippen molar-refractivity contribution in [2.24, 2.45) is 0 Å². The molecule has 0 bridgehead atoms. The van der Waals surface area contributed by atoms with Gasteiger partial charge >= 0.3 is 6.18 Å². The van der Waals surface area contributed by atoms with Crippen LogP contribution in [0.5, 0.6) is 5.75 Å². The highest BCUT2D eigenvalue weighted by molar-refractivity contribution is 6.05. The van der Waals surface area contributed by atoms with Gasteiger partial charge in [-0.15, -0.1) is 0 Å². The number of hydrogen-bond acceptors (Lipinski definition) is 4. The lowest BCUT2D eigenvalue weighted by Gasteiger charge is -2.16. The Balaban J connectivity index is 1.51. The van der Waals surface area contributed by atoms with E-state index in [1.165, 1.54) is 19.1 Å². The van der Waals surface area contributed by atoms with E-state index in [1.54, 1.807) is 41.2 Å². The number of fused-ring (bicyclic) bond motifs is 1. The molecule has 9 heteroatoms. The number of alkyl halides is 3. The Kier molecular flexibility index (Phi) is 6.35. The maximum absolute atomic E-state index is 13.4. The number of amides is 1. The minimum absolute atomic E-state index is 0.0406. The Morgan fingerprint density at radius 1 is 0.973 bits per heavy atom. The molecule has 0 aliphatic carbocycles. The minimum atomic E-state index is -4.57. The van der Waals surface area contributed by atoms with Crippen molar-refractivity contribution < 1.29 is 22.7 Å². The molecule has 0 radical (unpaired) electrons. The molecule has 1 N–H and O–H groups in total. The van der Waals surface area contributed by atoms with E-state index in [-0.39, 0.29) is 17.7 Å². The van der Waals surface area contributed by atoms with Gasteiger partial charge in [-0.3, -0.25) is 4.79 Å². The van der Waals surface area contributed by atoms with Crippen molar-refractivity contribution in [2.45, 2.75) is 19.7 Å². The maximum atomic E-state index is 13.4. The summed E-state index contributed by atoms with van der Waals surface area (Å²) in [6.45, 7) is 1.60. The fraction of sp³-hybridized carbons (Fsp3) is 0.107. The highest BCUT2D eigenvalue weighted by atomic mass is 19.4. The van der Waals surface area contributed by atoms with Gasteiger partial charge < -0.3 is 10.1 Å². The second kappa shape index (κ2) is 9.77. The van der Waals surface area contributed by atoms with Gasteiger partial charge in [-0.1, -0.05) is 36.4 Å². The van der Waals surface area contributed by atoms with Gasteiger partial charge in [0.05, 0.1) is 23.1 Å².